The number of aromatic amines is 1. The Morgan fingerprint density at radius 2 is 2.19 bits per heavy atom. The van der Waals surface area contributed by atoms with Gasteiger partial charge in [-0.25, -0.2) is 4.98 Å². The Labute approximate surface area is 128 Å². The molecule has 3 rings (SSSR count). The Bertz CT molecular complexity index is 504. The molecule has 0 aromatic carbocycles. The molecule has 2 unspecified atom stereocenters. The molecule has 21 heavy (non-hydrogen) atoms. The van der Waals surface area contributed by atoms with Crippen LogP contribution in [0.15, 0.2) is 6.20 Å². The third-order valence-electron chi connectivity index (χ3n) is 5.12. The molecule has 1 saturated heterocycles. The molecule has 0 amide bonds. The minimum absolute atomic E-state index is 0.133. The van der Waals surface area contributed by atoms with Gasteiger partial charge in [0.2, 0.25) is 0 Å². The Balaban J connectivity index is 1.54. The second-order valence-electron chi connectivity index (χ2n) is 8.37. The zero-order chi connectivity index (χ0) is 15.1. The molecule has 0 radical (unpaired) electrons. The van der Waals surface area contributed by atoms with E-state index in [2.05, 4.69) is 43.0 Å². The van der Waals surface area contributed by atoms with E-state index in [1.807, 2.05) is 6.20 Å². The molecule has 1 aliphatic carbocycles. The van der Waals surface area contributed by atoms with Crippen molar-refractivity contribution in [3.63, 3.8) is 0 Å². The fraction of sp³-hybridized carbons (Fsp3) is 0.824. The van der Waals surface area contributed by atoms with Crippen molar-refractivity contribution in [1.82, 2.24) is 15.3 Å². The van der Waals surface area contributed by atoms with Gasteiger partial charge in [-0.15, -0.1) is 0 Å². The van der Waals surface area contributed by atoms with E-state index >= 15 is 0 Å². The molecule has 4 heteroatoms. The van der Waals surface area contributed by atoms with Gasteiger partial charge in [0.15, 0.2) is 0 Å². The van der Waals surface area contributed by atoms with Gasteiger partial charge in [-0.1, -0.05) is 20.8 Å². The van der Waals surface area contributed by atoms with Gasteiger partial charge in [-0.2, -0.15) is 0 Å². The maximum absolute atomic E-state index is 6.06. The quantitative estimate of drug-likeness (QED) is 0.896. The molecule has 2 N–H and O–H groups in total. The molecule has 2 atom stereocenters. The van der Waals surface area contributed by atoms with Crippen molar-refractivity contribution >= 4 is 0 Å². The van der Waals surface area contributed by atoms with Gasteiger partial charge in [0, 0.05) is 29.3 Å². The molecule has 118 valence electrons. The van der Waals surface area contributed by atoms with Crippen LogP contribution in [-0.4, -0.2) is 28.7 Å². The number of fused-ring (bicyclic) bond motifs is 2. The van der Waals surface area contributed by atoms with Gasteiger partial charge in [-0.3, -0.25) is 0 Å². The van der Waals surface area contributed by atoms with Crippen LogP contribution in [0.2, 0.25) is 0 Å². The molecule has 1 aromatic rings. The van der Waals surface area contributed by atoms with Crippen molar-refractivity contribution in [2.24, 2.45) is 5.41 Å². The van der Waals surface area contributed by atoms with Gasteiger partial charge in [0.25, 0.3) is 0 Å². The van der Waals surface area contributed by atoms with E-state index in [4.69, 9.17) is 4.74 Å². The van der Waals surface area contributed by atoms with Crippen molar-refractivity contribution in [2.45, 2.75) is 70.9 Å². The highest BCUT2D eigenvalue weighted by Gasteiger charge is 2.49. The fourth-order valence-electron chi connectivity index (χ4n) is 3.86. The highest BCUT2D eigenvalue weighted by Crippen LogP contribution is 2.49. The zero-order valence-corrected chi connectivity index (χ0v) is 13.9. The lowest BCUT2D eigenvalue weighted by Crippen LogP contribution is -2.38. The Morgan fingerprint density at radius 1 is 1.38 bits per heavy atom. The summed E-state index contributed by atoms with van der Waals surface area (Å²) in [4.78, 5) is 7.92. The average molecular weight is 291 g/mol. The molecule has 1 saturated carbocycles. The minimum atomic E-state index is 0.133. The Kier molecular flexibility index (Phi) is 3.65. The molecule has 1 aromatic heterocycles. The van der Waals surface area contributed by atoms with Crippen molar-refractivity contribution in [2.75, 3.05) is 13.2 Å². The van der Waals surface area contributed by atoms with Gasteiger partial charge >= 0.3 is 0 Å². The first-order valence-electron chi connectivity index (χ1n) is 8.20. The van der Waals surface area contributed by atoms with E-state index in [0.29, 0.717) is 5.41 Å². The molecule has 2 aliphatic rings. The number of ether oxygens (including phenoxy) is 1. The number of H-pyrrole nitrogens is 1. The normalized spacial score (nSPS) is 32.6. The van der Waals surface area contributed by atoms with Crippen molar-refractivity contribution in [3.8, 4) is 0 Å². The van der Waals surface area contributed by atoms with E-state index in [1.165, 1.54) is 31.4 Å². The smallest absolute Gasteiger partial charge is 0.120 e. The Morgan fingerprint density at radius 3 is 2.90 bits per heavy atom. The third kappa shape index (κ3) is 3.16. The topological polar surface area (TPSA) is 49.9 Å². The van der Waals surface area contributed by atoms with Crippen LogP contribution in [0.3, 0.4) is 0 Å². The maximum atomic E-state index is 6.06. The second-order valence-corrected chi connectivity index (χ2v) is 8.37. The third-order valence-corrected chi connectivity index (χ3v) is 5.12. The first kappa shape index (κ1) is 15.0. The standard InChI is InChI=1S/C17H29N3O/c1-15(2,3)13-8-19-14(20-13)9-18-11-17-7-5-6-16(4,10-17)21-12-17/h8,18H,5-7,9-12H2,1-4H3,(H,19,20). The van der Waals surface area contributed by atoms with Crippen LogP contribution in [0.4, 0.5) is 0 Å². The van der Waals surface area contributed by atoms with Crippen LogP contribution in [0.25, 0.3) is 0 Å². The van der Waals surface area contributed by atoms with E-state index in [0.717, 1.165) is 25.5 Å². The molecule has 4 nitrogen and oxygen atoms in total. The summed E-state index contributed by atoms with van der Waals surface area (Å²) in [6.45, 7) is 11.7. The number of rotatable bonds is 4. The molecule has 2 heterocycles. The summed E-state index contributed by atoms with van der Waals surface area (Å²) in [5.74, 6) is 1.04. The lowest BCUT2D eigenvalue weighted by atomic mass is 9.71. The number of nitrogens with one attached hydrogen (secondary N) is 2. The van der Waals surface area contributed by atoms with Crippen molar-refractivity contribution < 1.29 is 4.74 Å². The summed E-state index contributed by atoms with van der Waals surface area (Å²) >= 11 is 0. The fourth-order valence-corrected chi connectivity index (χ4v) is 3.86. The van der Waals surface area contributed by atoms with Crippen LogP contribution in [0, 0.1) is 5.41 Å². The molecule has 2 bridgehead atoms. The number of hydrogen-bond acceptors (Lipinski definition) is 3. The minimum Gasteiger partial charge on any atom is -0.375 e. The predicted octanol–water partition coefficient (Wildman–Crippen LogP) is 3.15. The number of aromatic nitrogens is 2. The van der Waals surface area contributed by atoms with Gasteiger partial charge in [0.05, 0.1) is 18.8 Å². The highest BCUT2D eigenvalue weighted by atomic mass is 16.5. The van der Waals surface area contributed by atoms with Crippen LogP contribution in [0.5, 0.6) is 0 Å². The lowest BCUT2D eigenvalue weighted by Gasteiger charge is -2.35. The van der Waals surface area contributed by atoms with Gasteiger partial charge in [-0.05, 0) is 32.6 Å². The predicted molar refractivity (Wildman–Crippen MR) is 84.3 cm³/mol. The molecule has 0 spiro atoms. The van der Waals surface area contributed by atoms with Crippen LogP contribution >= 0.6 is 0 Å². The largest absolute Gasteiger partial charge is 0.375 e. The number of nitrogens with zero attached hydrogens (tertiary/aromatic N) is 1. The van der Waals surface area contributed by atoms with E-state index < -0.39 is 0 Å². The maximum Gasteiger partial charge on any atom is 0.120 e. The van der Waals surface area contributed by atoms with Crippen LogP contribution in [-0.2, 0) is 16.7 Å². The summed E-state index contributed by atoms with van der Waals surface area (Å²) < 4.78 is 6.06. The number of hydrogen-bond donors (Lipinski definition) is 2. The van der Waals surface area contributed by atoms with Gasteiger partial charge in [0.1, 0.15) is 5.82 Å². The van der Waals surface area contributed by atoms with E-state index in [-0.39, 0.29) is 11.0 Å². The average Bonchev–Trinajstić information content (AvgIpc) is 2.93. The van der Waals surface area contributed by atoms with Crippen LogP contribution < -0.4 is 5.32 Å². The summed E-state index contributed by atoms with van der Waals surface area (Å²) in [6, 6.07) is 0. The van der Waals surface area contributed by atoms with Gasteiger partial charge < -0.3 is 15.0 Å². The first-order chi connectivity index (χ1) is 9.80. The lowest BCUT2D eigenvalue weighted by molar-refractivity contribution is 0.0147. The number of imidazole rings is 1. The van der Waals surface area contributed by atoms with Crippen molar-refractivity contribution in [1.29, 1.82) is 0 Å². The van der Waals surface area contributed by atoms with E-state index in [9.17, 15) is 0 Å². The summed E-state index contributed by atoms with van der Waals surface area (Å²) in [6.07, 6.45) is 6.99. The Hall–Kier alpha value is -0.870. The highest BCUT2D eigenvalue weighted by molar-refractivity contribution is 5.11. The molecule has 2 fully saturated rings. The molecule has 1 aliphatic heterocycles. The zero-order valence-electron chi connectivity index (χ0n) is 13.9. The molecular weight excluding hydrogens is 262 g/mol. The second kappa shape index (κ2) is 5.10. The summed E-state index contributed by atoms with van der Waals surface area (Å²) in [5.41, 5.74) is 1.83. The first-order valence-corrected chi connectivity index (χ1v) is 8.20. The monoisotopic (exact) mass is 291 g/mol. The molecular formula is C17H29N3O. The summed E-state index contributed by atoms with van der Waals surface area (Å²) in [5, 5.41) is 3.60. The van der Waals surface area contributed by atoms with E-state index in [1.54, 1.807) is 0 Å². The van der Waals surface area contributed by atoms with Crippen molar-refractivity contribution in [3.05, 3.63) is 17.7 Å². The summed E-state index contributed by atoms with van der Waals surface area (Å²) in [7, 11) is 0. The SMILES string of the molecule is CC12CCCC(CNCc3ncc(C(C)(C)C)[nH]3)(CO1)C2. The van der Waals surface area contributed by atoms with Crippen LogP contribution in [0.1, 0.15) is 64.9 Å².